The lowest BCUT2D eigenvalue weighted by Gasteiger charge is -2.15. The molecule has 0 fully saturated rings. The summed E-state index contributed by atoms with van der Waals surface area (Å²) in [6, 6.07) is 8.16. The first-order chi connectivity index (χ1) is 14.2. The fourth-order valence-corrected chi connectivity index (χ4v) is 2.99. The van der Waals surface area contributed by atoms with Crippen LogP contribution >= 0.6 is 0 Å². The van der Waals surface area contributed by atoms with Crippen LogP contribution in [0.1, 0.15) is 15.9 Å². The minimum Gasteiger partial charge on any atom is -0.355 e. The van der Waals surface area contributed by atoms with Gasteiger partial charge in [0.1, 0.15) is 0 Å². The van der Waals surface area contributed by atoms with Crippen molar-refractivity contribution in [3.05, 3.63) is 53.7 Å². The highest BCUT2D eigenvalue weighted by Crippen LogP contribution is 2.38. The van der Waals surface area contributed by atoms with Crippen molar-refractivity contribution in [2.45, 2.75) is 6.18 Å². The topological polar surface area (TPSA) is 70.2 Å². The number of alkyl halides is 3. The lowest BCUT2D eigenvalue weighted by Crippen LogP contribution is -2.21. The van der Waals surface area contributed by atoms with Crippen LogP contribution in [0.3, 0.4) is 0 Å². The SMILES string of the molecule is CNC(=O)c1ccc(C(F)(F)F)c(-c2ccc3nc(NCCN(C)C)ncc3c2)c1. The Morgan fingerprint density at radius 3 is 2.57 bits per heavy atom. The first-order valence-corrected chi connectivity index (χ1v) is 9.28. The summed E-state index contributed by atoms with van der Waals surface area (Å²) in [5, 5.41) is 6.14. The Bertz CT molecular complexity index is 1070. The number of benzene rings is 2. The third-order valence-corrected chi connectivity index (χ3v) is 4.55. The lowest BCUT2D eigenvalue weighted by molar-refractivity contribution is -0.137. The van der Waals surface area contributed by atoms with Gasteiger partial charge in [-0.2, -0.15) is 13.2 Å². The van der Waals surface area contributed by atoms with E-state index < -0.39 is 17.6 Å². The van der Waals surface area contributed by atoms with Gasteiger partial charge in [-0.15, -0.1) is 0 Å². The van der Waals surface area contributed by atoms with E-state index in [-0.39, 0.29) is 11.1 Å². The number of nitrogens with one attached hydrogen (secondary N) is 2. The molecule has 0 bridgehead atoms. The van der Waals surface area contributed by atoms with Gasteiger partial charge < -0.3 is 15.5 Å². The van der Waals surface area contributed by atoms with Crippen molar-refractivity contribution >= 4 is 22.8 Å². The van der Waals surface area contributed by atoms with Crippen LogP contribution in [0.4, 0.5) is 19.1 Å². The Morgan fingerprint density at radius 1 is 1.13 bits per heavy atom. The second-order valence-electron chi connectivity index (χ2n) is 7.03. The molecule has 0 aliphatic rings. The molecule has 0 aliphatic carbocycles. The standard InChI is InChI=1S/C21H22F3N5O/c1-25-19(30)14-4-6-17(21(22,23)24)16(11-14)13-5-7-18-15(10-13)12-27-20(28-18)26-8-9-29(2)3/h4-7,10-12H,8-9H2,1-3H3,(H,25,30)(H,26,27,28). The maximum atomic E-state index is 13.6. The number of likely N-dealkylation sites (N-methyl/N-ethyl adjacent to an activating group) is 1. The molecule has 1 amide bonds. The minimum atomic E-state index is -4.55. The van der Waals surface area contributed by atoms with Crippen molar-refractivity contribution in [1.29, 1.82) is 0 Å². The summed E-state index contributed by atoms with van der Waals surface area (Å²) in [6.45, 7) is 1.47. The first-order valence-electron chi connectivity index (χ1n) is 9.28. The third kappa shape index (κ3) is 4.85. The number of amides is 1. The zero-order valence-corrected chi connectivity index (χ0v) is 16.8. The maximum Gasteiger partial charge on any atom is 0.417 e. The summed E-state index contributed by atoms with van der Waals surface area (Å²) in [5.74, 6) is -0.00256. The van der Waals surface area contributed by atoms with Crippen molar-refractivity contribution in [2.24, 2.45) is 0 Å². The van der Waals surface area contributed by atoms with Gasteiger partial charge in [-0.1, -0.05) is 6.07 Å². The zero-order chi connectivity index (χ0) is 21.9. The van der Waals surface area contributed by atoms with Gasteiger partial charge in [0, 0.05) is 37.3 Å². The van der Waals surface area contributed by atoms with Gasteiger partial charge in [0.25, 0.3) is 5.91 Å². The quantitative estimate of drug-likeness (QED) is 0.641. The molecule has 1 heterocycles. The number of halogens is 3. The molecule has 0 atom stereocenters. The molecule has 30 heavy (non-hydrogen) atoms. The molecule has 1 aromatic heterocycles. The van der Waals surface area contributed by atoms with Crippen molar-refractivity contribution in [1.82, 2.24) is 20.2 Å². The van der Waals surface area contributed by atoms with Gasteiger partial charge in [-0.25, -0.2) is 9.97 Å². The number of anilines is 1. The van der Waals surface area contributed by atoms with Crippen LogP contribution in [0.2, 0.25) is 0 Å². The summed E-state index contributed by atoms with van der Waals surface area (Å²) in [6.07, 6.45) is -2.98. The maximum absolute atomic E-state index is 13.6. The molecule has 0 radical (unpaired) electrons. The molecule has 0 aliphatic heterocycles. The zero-order valence-electron chi connectivity index (χ0n) is 16.8. The molecule has 9 heteroatoms. The second kappa shape index (κ2) is 8.66. The van der Waals surface area contributed by atoms with E-state index in [1.807, 2.05) is 19.0 Å². The Labute approximate surface area is 172 Å². The van der Waals surface area contributed by atoms with Crippen molar-refractivity contribution in [3.8, 4) is 11.1 Å². The molecule has 3 rings (SSSR count). The molecular formula is C21H22F3N5O. The number of hydrogen-bond donors (Lipinski definition) is 2. The summed E-state index contributed by atoms with van der Waals surface area (Å²) < 4.78 is 40.7. The van der Waals surface area contributed by atoms with Crippen molar-refractivity contribution in [2.75, 3.05) is 39.5 Å². The highest BCUT2D eigenvalue weighted by Gasteiger charge is 2.34. The Morgan fingerprint density at radius 2 is 1.90 bits per heavy atom. The molecular weight excluding hydrogens is 395 g/mol. The number of nitrogens with zero attached hydrogens (tertiary/aromatic N) is 3. The van der Waals surface area contributed by atoms with E-state index in [0.29, 0.717) is 29.0 Å². The van der Waals surface area contributed by atoms with Gasteiger partial charge in [-0.05, 0) is 55.6 Å². The van der Waals surface area contributed by atoms with Gasteiger partial charge in [0.15, 0.2) is 0 Å². The molecule has 0 unspecified atom stereocenters. The van der Waals surface area contributed by atoms with Gasteiger partial charge in [0.2, 0.25) is 5.95 Å². The highest BCUT2D eigenvalue weighted by atomic mass is 19.4. The predicted octanol–water partition coefficient (Wildman–Crippen LogP) is 3.65. The molecule has 0 spiro atoms. The van der Waals surface area contributed by atoms with Crippen LogP contribution in [-0.2, 0) is 6.18 Å². The predicted molar refractivity (Wildman–Crippen MR) is 110 cm³/mol. The van der Waals surface area contributed by atoms with E-state index >= 15 is 0 Å². The van der Waals surface area contributed by atoms with Crippen molar-refractivity contribution < 1.29 is 18.0 Å². The summed E-state index contributed by atoms with van der Waals surface area (Å²) in [5.41, 5.74) is 0.211. The van der Waals surface area contributed by atoms with Gasteiger partial charge in [-0.3, -0.25) is 4.79 Å². The van der Waals surface area contributed by atoms with E-state index in [1.165, 1.54) is 19.2 Å². The highest BCUT2D eigenvalue weighted by molar-refractivity contribution is 5.96. The average molecular weight is 417 g/mol. The Kier molecular flexibility index (Phi) is 6.21. The normalized spacial score (nSPS) is 11.7. The van der Waals surface area contributed by atoms with Crippen LogP contribution < -0.4 is 10.6 Å². The van der Waals surface area contributed by atoms with Gasteiger partial charge >= 0.3 is 6.18 Å². The number of rotatable bonds is 6. The van der Waals surface area contributed by atoms with Crippen LogP contribution in [0, 0.1) is 0 Å². The first kappa shape index (κ1) is 21.5. The number of carbonyl (C=O) groups excluding carboxylic acids is 1. The van der Waals surface area contributed by atoms with Crippen molar-refractivity contribution in [3.63, 3.8) is 0 Å². The molecule has 6 nitrogen and oxygen atoms in total. The fraction of sp³-hybridized carbons (Fsp3) is 0.286. The average Bonchev–Trinajstić information content (AvgIpc) is 2.71. The van der Waals surface area contributed by atoms with E-state index in [4.69, 9.17) is 0 Å². The summed E-state index contributed by atoms with van der Waals surface area (Å²) in [7, 11) is 5.34. The van der Waals surface area contributed by atoms with Crippen LogP contribution in [0.25, 0.3) is 22.0 Å². The lowest BCUT2D eigenvalue weighted by atomic mass is 9.95. The van der Waals surface area contributed by atoms with Crippen LogP contribution in [0.15, 0.2) is 42.6 Å². The van der Waals surface area contributed by atoms with Gasteiger partial charge in [0.05, 0.1) is 11.1 Å². The number of carbonyl (C=O) groups is 1. The van der Waals surface area contributed by atoms with E-state index in [1.54, 1.807) is 24.4 Å². The van der Waals surface area contributed by atoms with E-state index in [0.717, 1.165) is 12.6 Å². The second-order valence-corrected chi connectivity index (χ2v) is 7.03. The Balaban J connectivity index is 2.00. The fourth-order valence-electron chi connectivity index (χ4n) is 2.99. The third-order valence-electron chi connectivity index (χ3n) is 4.55. The minimum absolute atomic E-state index is 0.0707. The van der Waals surface area contributed by atoms with Crippen LogP contribution in [-0.4, -0.2) is 55.0 Å². The van der Waals surface area contributed by atoms with E-state index in [2.05, 4.69) is 20.6 Å². The molecule has 2 N–H and O–H groups in total. The summed E-state index contributed by atoms with van der Waals surface area (Å²) >= 11 is 0. The smallest absolute Gasteiger partial charge is 0.355 e. The largest absolute Gasteiger partial charge is 0.417 e. The Hall–Kier alpha value is -3.20. The molecule has 0 saturated heterocycles. The molecule has 3 aromatic rings. The van der Waals surface area contributed by atoms with E-state index in [9.17, 15) is 18.0 Å². The summed E-state index contributed by atoms with van der Waals surface area (Å²) in [4.78, 5) is 22.6. The molecule has 0 saturated carbocycles. The van der Waals surface area contributed by atoms with Crippen LogP contribution in [0.5, 0.6) is 0 Å². The molecule has 158 valence electrons. The molecule has 2 aromatic carbocycles. The monoisotopic (exact) mass is 417 g/mol. The number of aromatic nitrogens is 2. The number of hydrogen-bond acceptors (Lipinski definition) is 5. The number of fused-ring (bicyclic) bond motifs is 1.